The highest BCUT2D eigenvalue weighted by molar-refractivity contribution is 7.84. The van der Waals surface area contributed by atoms with Crippen molar-refractivity contribution in [2.24, 2.45) is 5.92 Å². The molecule has 1 aromatic rings. The summed E-state index contributed by atoms with van der Waals surface area (Å²) in [6.45, 7) is 6.55. The molecule has 54 heavy (non-hydrogen) atoms. The number of hydrogen-bond acceptors (Lipinski definition) is 10. The minimum atomic E-state index is -1.55. The smallest absolute Gasteiger partial charge is 0.308 e. The summed E-state index contributed by atoms with van der Waals surface area (Å²) in [4.78, 5) is 110. The van der Waals surface area contributed by atoms with Crippen LogP contribution in [0.4, 0.5) is 0 Å². The van der Waals surface area contributed by atoms with E-state index < -0.39 is 107 Å². The van der Waals surface area contributed by atoms with Crippen LogP contribution < -0.4 is 31.9 Å². The Morgan fingerprint density at radius 2 is 1.37 bits per heavy atom. The summed E-state index contributed by atoms with van der Waals surface area (Å²) in [5.74, 6) is -6.39. The molecule has 3 unspecified atom stereocenters. The zero-order valence-electron chi connectivity index (χ0n) is 31.6. The van der Waals surface area contributed by atoms with E-state index in [0.29, 0.717) is 18.4 Å². The van der Waals surface area contributed by atoms with E-state index in [9.17, 15) is 42.6 Å². The molecule has 0 aromatic heterocycles. The van der Waals surface area contributed by atoms with Crippen LogP contribution in [0.2, 0.25) is 0 Å². The number of carbonyl (C=O) groups excluding carboxylic acids is 8. The third-order valence-electron chi connectivity index (χ3n) is 9.59. The molecule has 3 rings (SSSR count). The predicted molar refractivity (Wildman–Crippen MR) is 197 cm³/mol. The van der Waals surface area contributed by atoms with Crippen molar-refractivity contribution in [3.8, 4) is 0 Å². The lowest BCUT2D eigenvalue weighted by Gasteiger charge is -2.32. The summed E-state index contributed by atoms with van der Waals surface area (Å²) >= 11 is 0. The van der Waals surface area contributed by atoms with Crippen LogP contribution in [-0.2, 0) is 60.3 Å². The second kappa shape index (κ2) is 20.5. The summed E-state index contributed by atoms with van der Waals surface area (Å²) in [6, 6.07) is 0.133. The molecule has 2 fully saturated rings. The second-order valence-corrected chi connectivity index (χ2v) is 15.3. The Bertz CT molecular complexity index is 1580. The number of benzene rings is 1. The molecule has 1 aromatic carbocycles. The molecular weight excluding hydrogens is 723 g/mol. The third-order valence-corrected chi connectivity index (χ3v) is 10.4. The SMILES string of the molecule is CC[C@H](C)C1NC(=O)C(C)NC(=O)[C@H](CCS(C)=O)NC(=O)[C@@H](C)NC(=O)[C@@H](CC(=O)OC)NC(=O)[C@H](Cc2ccccc2)NC(=O)[C@@H]2CCCN2C1=O. The minimum Gasteiger partial charge on any atom is -0.469 e. The topological polar surface area (TPSA) is 238 Å². The van der Waals surface area contributed by atoms with Crippen molar-refractivity contribution in [1.82, 2.24) is 36.8 Å². The number of nitrogens with zero attached hydrogens (tertiary/aromatic N) is 1. The van der Waals surface area contributed by atoms with Crippen LogP contribution in [0.1, 0.15) is 65.4 Å². The zero-order chi connectivity index (χ0) is 40.1. The average molecular weight is 776 g/mol. The Morgan fingerprint density at radius 3 is 1.96 bits per heavy atom. The molecule has 18 heteroatoms. The average Bonchev–Trinajstić information content (AvgIpc) is 3.64. The number of fused-ring (bicyclic) bond motifs is 1. The van der Waals surface area contributed by atoms with E-state index in [1.165, 1.54) is 25.0 Å². The van der Waals surface area contributed by atoms with Gasteiger partial charge in [0.25, 0.3) is 0 Å². The molecule has 298 valence electrons. The summed E-state index contributed by atoms with van der Waals surface area (Å²) in [5.41, 5.74) is 0.667. The molecule has 0 spiro atoms. The van der Waals surface area contributed by atoms with Gasteiger partial charge in [0, 0.05) is 35.8 Å². The first-order valence-electron chi connectivity index (χ1n) is 18.1. The second-order valence-electron chi connectivity index (χ2n) is 13.7. The number of carbonyl (C=O) groups is 8. The highest BCUT2D eigenvalue weighted by Gasteiger charge is 2.41. The number of amides is 7. The van der Waals surface area contributed by atoms with Crippen molar-refractivity contribution in [3.63, 3.8) is 0 Å². The minimum absolute atomic E-state index is 0.0150. The summed E-state index contributed by atoms with van der Waals surface area (Å²) in [7, 11) is -0.251. The standard InChI is InChI=1S/C36H53N7O10S/c1-7-20(2)29-36(51)43-16-11-14-27(43)35(50)41-25(18-23-12-9-8-10-13-23)34(49)40-26(19-28(44)53-5)33(48)38-21(3)30(45)39-24(15-17-54(6)52)32(47)37-22(4)31(46)42-29/h8-10,12-13,20-22,24-27,29H,7,11,14-19H2,1-6H3,(H,37,47)(H,38,48)(H,39,45)(H,40,49)(H,41,50)(H,42,46)/t20-,21+,22?,24-,25-,26+,27-,29?,54?/m0/s1. The Kier molecular flexibility index (Phi) is 16.6. The molecule has 7 amide bonds. The summed E-state index contributed by atoms with van der Waals surface area (Å²) < 4.78 is 16.7. The van der Waals surface area contributed by atoms with Crippen LogP contribution in [0.5, 0.6) is 0 Å². The number of methoxy groups -OCH3 is 1. The molecule has 2 saturated heterocycles. The fraction of sp³-hybridized carbons (Fsp3) is 0.611. The first kappa shape index (κ1) is 43.5. The summed E-state index contributed by atoms with van der Waals surface area (Å²) in [6.07, 6.45) is 1.95. The molecule has 0 aliphatic carbocycles. The van der Waals surface area contributed by atoms with Gasteiger partial charge in [0.2, 0.25) is 41.4 Å². The van der Waals surface area contributed by atoms with Gasteiger partial charge in [-0.25, -0.2) is 0 Å². The molecule has 0 saturated carbocycles. The first-order chi connectivity index (χ1) is 25.6. The lowest BCUT2D eigenvalue weighted by molar-refractivity contribution is -0.144. The zero-order valence-corrected chi connectivity index (χ0v) is 32.4. The normalized spacial score (nSPS) is 27.8. The monoisotopic (exact) mass is 775 g/mol. The number of rotatable bonds is 9. The maximum atomic E-state index is 14.1. The van der Waals surface area contributed by atoms with Crippen LogP contribution >= 0.6 is 0 Å². The third kappa shape index (κ3) is 12.3. The van der Waals surface area contributed by atoms with E-state index in [4.69, 9.17) is 4.74 Å². The quantitative estimate of drug-likeness (QED) is 0.160. The van der Waals surface area contributed by atoms with Crippen LogP contribution in [0.3, 0.4) is 0 Å². The van der Waals surface area contributed by atoms with Crippen molar-refractivity contribution >= 4 is 58.1 Å². The molecular formula is C36H53N7O10S. The Labute approximate surface area is 317 Å². The van der Waals surface area contributed by atoms with E-state index >= 15 is 0 Å². The van der Waals surface area contributed by atoms with E-state index in [0.717, 1.165) is 7.11 Å². The van der Waals surface area contributed by atoms with Crippen LogP contribution in [0.25, 0.3) is 0 Å². The van der Waals surface area contributed by atoms with Gasteiger partial charge in [-0.15, -0.1) is 0 Å². The van der Waals surface area contributed by atoms with Gasteiger partial charge in [0.15, 0.2) is 0 Å². The van der Waals surface area contributed by atoms with Gasteiger partial charge in [0.1, 0.15) is 42.3 Å². The van der Waals surface area contributed by atoms with E-state index in [-0.39, 0.29) is 37.5 Å². The molecule has 2 aliphatic heterocycles. The van der Waals surface area contributed by atoms with Crippen molar-refractivity contribution < 1.29 is 47.3 Å². The highest BCUT2D eigenvalue weighted by atomic mass is 32.2. The Balaban J connectivity index is 2.07. The molecule has 0 radical (unpaired) electrons. The number of hydrogen-bond donors (Lipinski definition) is 6. The van der Waals surface area contributed by atoms with Gasteiger partial charge >= 0.3 is 5.97 Å². The van der Waals surface area contributed by atoms with Gasteiger partial charge < -0.3 is 41.5 Å². The highest BCUT2D eigenvalue weighted by Crippen LogP contribution is 2.22. The maximum absolute atomic E-state index is 14.1. The Morgan fingerprint density at radius 1 is 0.815 bits per heavy atom. The number of nitrogens with one attached hydrogen (secondary N) is 6. The molecule has 9 atom stereocenters. The fourth-order valence-electron chi connectivity index (χ4n) is 6.11. The van der Waals surface area contributed by atoms with Crippen molar-refractivity contribution in [2.75, 3.05) is 25.7 Å². The number of esters is 1. The molecule has 2 heterocycles. The van der Waals surface area contributed by atoms with Crippen LogP contribution in [0.15, 0.2) is 30.3 Å². The maximum Gasteiger partial charge on any atom is 0.308 e. The molecule has 17 nitrogen and oxygen atoms in total. The van der Waals surface area contributed by atoms with E-state index in [1.807, 2.05) is 6.92 Å². The molecule has 0 bridgehead atoms. The molecule has 2 aliphatic rings. The predicted octanol–water partition coefficient (Wildman–Crippen LogP) is -1.44. The van der Waals surface area contributed by atoms with E-state index in [1.54, 1.807) is 37.3 Å². The van der Waals surface area contributed by atoms with Gasteiger partial charge in [-0.2, -0.15) is 0 Å². The summed E-state index contributed by atoms with van der Waals surface area (Å²) in [5, 5.41) is 15.5. The first-order valence-corrected chi connectivity index (χ1v) is 19.8. The van der Waals surface area contributed by atoms with Gasteiger partial charge in [-0.3, -0.25) is 42.6 Å². The van der Waals surface area contributed by atoms with Crippen molar-refractivity contribution in [2.45, 2.75) is 109 Å². The molecule has 6 N–H and O–H groups in total. The van der Waals surface area contributed by atoms with Crippen molar-refractivity contribution in [1.29, 1.82) is 0 Å². The Hall–Kier alpha value is -4.87. The van der Waals surface area contributed by atoms with Crippen LogP contribution in [0, 0.1) is 5.92 Å². The van der Waals surface area contributed by atoms with Gasteiger partial charge in [-0.05, 0) is 44.6 Å². The van der Waals surface area contributed by atoms with E-state index in [2.05, 4.69) is 31.9 Å². The fourth-order valence-corrected chi connectivity index (χ4v) is 6.68. The largest absolute Gasteiger partial charge is 0.469 e. The van der Waals surface area contributed by atoms with Crippen LogP contribution in [-0.4, -0.2) is 124 Å². The lowest BCUT2D eigenvalue weighted by Crippen LogP contribution is -2.60. The van der Waals surface area contributed by atoms with Gasteiger partial charge in [0.05, 0.1) is 13.5 Å². The lowest BCUT2D eigenvalue weighted by atomic mass is 9.96. The van der Waals surface area contributed by atoms with Crippen molar-refractivity contribution in [3.05, 3.63) is 35.9 Å². The van der Waals surface area contributed by atoms with Gasteiger partial charge in [-0.1, -0.05) is 50.6 Å². The number of ether oxygens (including phenoxy) is 1.